The van der Waals surface area contributed by atoms with Gasteiger partial charge in [0, 0.05) is 10.5 Å². The highest BCUT2D eigenvalue weighted by Crippen LogP contribution is 2.27. The van der Waals surface area contributed by atoms with E-state index >= 15 is 0 Å². The zero-order valence-electron chi connectivity index (χ0n) is 11.4. The Kier molecular flexibility index (Phi) is 5.05. The molecule has 0 radical (unpaired) electrons. The Labute approximate surface area is 131 Å². The molecule has 0 unspecified atom stereocenters. The van der Waals surface area contributed by atoms with Crippen LogP contribution in [-0.2, 0) is 4.79 Å². The van der Waals surface area contributed by atoms with E-state index in [0.717, 1.165) is 4.47 Å². The normalized spacial score (nSPS) is 10.0. The zero-order valence-corrected chi connectivity index (χ0v) is 13.0. The lowest BCUT2D eigenvalue weighted by Gasteiger charge is -2.11. The molecule has 0 bridgehead atoms. The molecule has 0 aliphatic rings. The minimum atomic E-state index is -0.274. The molecule has 2 aromatic rings. The van der Waals surface area contributed by atoms with Crippen LogP contribution in [0, 0.1) is 0 Å². The fourth-order valence-corrected chi connectivity index (χ4v) is 2.04. The monoisotopic (exact) mass is 350 g/mol. The second-order valence-corrected chi connectivity index (χ2v) is 5.07. The lowest BCUT2D eigenvalue weighted by atomic mass is 10.3. The molecule has 3 N–H and O–H groups in total. The van der Waals surface area contributed by atoms with Gasteiger partial charge < -0.3 is 20.5 Å². The number of carbonyl (C=O) groups excluding carboxylic acids is 1. The number of nitrogen functional groups attached to an aromatic ring is 1. The molecule has 0 aromatic heterocycles. The van der Waals surface area contributed by atoms with E-state index in [1.807, 2.05) is 18.2 Å². The Morgan fingerprint density at radius 3 is 2.76 bits per heavy atom. The summed E-state index contributed by atoms with van der Waals surface area (Å²) in [7, 11) is 1.55. The van der Waals surface area contributed by atoms with Gasteiger partial charge in [-0.3, -0.25) is 4.79 Å². The van der Waals surface area contributed by atoms with E-state index in [9.17, 15) is 4.79 Å². The number of hydrogen-bond donors (Lipinski definition) is 2. The van der Waals surface area contributed by atoms with Crippen LogP contribution in [0.5, 0.6) is 11.5 Å². The number of benzene rings is 2. The van der Waals surface area contributed by atoms with Crippen LogP contribution >= 0.6 is 15.9 Å². The Bertz CT molecular complexity index is 647. The maximum atomic E-state index is 11.9. The van der Waals surface area contributed by atoms with E-state index in [2.05, 4.69) is 21.2 Å². The van der Waals surface area contributed by atoms with E-state index in [4.69, 9.17) is 15.2 Å². The van der Waals surface area contributed by atoms with Gasteiger partial charge in [-0.2, -0.15) is 0 Å². The van der Waals surface area contributed by atoms with Crippen LogP contribution in [0.1, 0.15) is 0 Å². The van der Waals surface area contributed by atoms with Gasteiger partial charge in [0.05, 0.1) is 18.5 Å². The number of nitrogens with one attached hydrogen (secondary N) is 1. The van der Waals surface area contributed by atoms with E-state index in [1.54, 1.807) is 31.4 Å². The van der Waals surface area contributed by atoms with E-state index in [1.165, 1.54) is 0 Å². The first kappa shape index (κ1) is 15.2. The Balaban J connectivity index is 1.97. The summed E-state index contributed by atoms with van der Waals surface area (Å²) < 4.78 is 11.3. The van der Waals surface area contributed by atoms with E-state index < -0.39 is 0 Å². The van der Waals surface area contributed by atoms with Crippen LogP contribution in [-0.4, -0.2) is 19.6 Å². The van der Waals surface area contributed by atoms with Crippen LogP contribution in [0.3, 0.4) is 0 Å². The van der Waals surface area contributed by atoms with Crippen LogP contribution in [0.15, 0.2) is 46.9 Å². The van der Waals surface area contributed by atoms with E-state index in [-0.39, 0.29) is 12.5 Å². The second-order valence-electron chi connectivity index (χ2n) is 4.22. The van der Waals surface area contributed by atoms with Crippen molar-refractivity contribution in [3.05, 3.63) is 46.9 Å². The summed E-state index contributed by atoms with van der Waals surface area (Å²) in [6.07, 6.45) is 0. The highest BCUT2D eigenvalue weighted by molar-refractivity contribution is 9.10. The third-order valence-electron chi connectivity index (χ3n) is 2.73. The van der Waals surface area contributed by atoms with Gasteiger partial charge in [0.1, 0.15) is 11.5 Å². The van der Waals surface area contributed by atoms with Gasteiger partial charge in [0.25, 0.3) is 5.91 Å². The van der Waals surface area contributed by atoms with E-state index in [0.29, 0.717) is 22.9 Å². The van der Waals surface area contributed by atoms with Gasteiger partial charge in [0.2, 0.25) is 0 Å². The summed E-state index contributed by atoms with van der Waals surface area (Å²) in [6, 6.07) is 12.4. The minimum absolute atomic E-state index is 0.140. The standard InChI is InChI=1S/C15H15BrN2O3/c1-20-10-6-7-12(17)14(8-10)21-9-15(19)18-13-5-3-2-4-11(13)16/h2-8H,9,17H2,1H3,(H,18,19). The van der Waals surface area contributed by atoms with Gasteiger partial charge in [-0.05, 0) is 40.2 Å². The van der Waals surface area contributed by atoms with Gasteiger partial charge in [-0.1, -0.05) is 12.1 Å². The number of amides is 1. The summed E-state index contributed by atoms with van der Waals surface area (Å²) in [5.74, 6) is 0.756. The molecule has 0 fully saturated rings. The Hall–Kier alpha value is -2.21. The average Bonchev–Trinajstić information content (AvgIpc) is 2.49. The number of carbonyl (C=O) groups is 1. The largest absolute Gasteiger partial charge is 0.497 e. The van der Waals surface area contributed by atoms with Gasteiger partial charge in [-0.15, -0.1) is 0 Å². The molecule has 2 aromatic carbocycles. The number of anilines is 2. The smallest absolute Gasteiger partial charge is 0.262 e. The van der Waals surface area contributed by atoms with Gasteiger partial charge in [0.15, 0.2) is 6.61 Å². The molecule has 0 heterocycles. The Morgan fingerprint density at radius 2 is 2.05 bits per heavy atom. The average molecular weight is 351 g/mol. The predicted octanol–water partition coefficient (Wildman–Crippen LogP) is 3.06. The van der Waals surface area contributed by atoms with Crippen molar-refractivity contribution in [1.82, 2.24) is 0 Å². The first-order chi connectivity index (χ1) is 10.1. The SMILES string of the molecule is COc1ccc(N)c(OCC(=O)Nc2ccccc2Br)c1. The van der Waals surface area contributed by atoms with Crippen molar-refractivity contribution in [1.29, 1.82) is 0 Å². The summed E-state index contributed by atoms with van der Waals surface area (Å²) in [5.41, 5.74) is 6.92. The van der Waals surface area contributed by atoms with Crippen molar-refractivity contribution < 1.29 is 14.3 Å². The molecule has 0 aliphatic carbocycles. The summed E-state index contributed by atoms with van der Waals surface area (Å²) in [6.45, 7) is -0.140. The maximum absolute atomic E-state index is 11.9. The van der Waals surface area contributed by atoms with Crippen LogP contribution in [0.25, 0.3) is 0 Å². The maximum Gasteiger partial charge on any atom is 0.262 e. The third kappa shape index (κ3) is 4.13. The fraction of sp³-hybridized carbons (Fsp3) is 0.133. The highest BCUT2D eigenvalue weighted by atomic mass is 79.9. The van der Waals surface area contributed by atoms with Crippen LogP contribution in [0.4, 0.5) is 11.4 Å². The topological polar surface area (TPSA) is 73.6 Å². The molecule has 21 heavy (non-hydrogen) atoms. The molecule has 1 amide bonds. The van der Waals surface area contributed by atoms with Gasteiger partial charge >= 0.3 is 0 Å². The van der Waals surface area contributed by atoms with Crippen molar-refractivity contribution in [3.63, 3.8) is 0 Å². The molecular formula is C15H15BrN2O3. The fourth-order valence-electron chi connectivity index (χ4n) is 1.66. The summed E-state index contributed by atoms with van der Waals surface area (Å²) >= 11 is 3.36. The number of nitrogens with two attached hydrogens (primary N) is 1. The van der Waals surface area contributed by atoms with Crippen molar-refractivity contribution >= 4 is 33.2 Å². The van der Waals surface area contributed by atoms with Crippen molar-refractivity contribution in [2.75, 3.05) is 24.8 Å². The minimum Gasteiger partial charge on any atom is -0.497 e. The molecule has 0 saturated heterocycles. The van der Waals surface area contributed by atoms with Crippen molar-refractivity contribution in [2.45, 2.75) is 0 Å². The molecule has 2 rings (SSSR count). The summed E-state index contributed by atoms with van der Waals surface area (Å²) in [5, 5.41) is 2.75. The molecule has 110 valence electrons. The number of hydrogen-bond acceptors (Lipinski definition) is 4. The molecule has 0 spiro atoms. The first-order valence-electron chi connectivity index (χ1n) is 6.21. The molecule has 5 nitrogen and oxygen atoms in total. The number of methoxy groups -OCH3 is 1. The van der Waals surface area contributed by atoms with Crippen LogP contribution < -0.4 is 20.5 Å². The first-order valence-corrected chi connectivity index (χ1v) is 7.00. The summed E-state index contributed by atoms with van der Waals surface area (Å²) in [4.78, 5) is 11.9. The highest BCUT2D eigenvalue weighted by Gasteiger charge is 2.08. The quantitative estimate of drug-likeness (QED) is 0.812. The molecule has 6 heteroatoms. The van der Waals surface area contributed by atoms with Crippen molar-refractivity contribution in [2.24, 2.45) is 0 Å². The second kappa shape index (κ2) is 6.99. The van der Waals surface area contributed by atoms with Crippen molar-refractivity contribution in [3.8, 4) is 11.5 Å². The number of para-hydroxylation sites is 1. The third-order valence-corrected chi connectivity index (χ3v) is 3.42. The van der Waals surface area contributed by atoms with Crippen LogP contribution in [0.2, 0.25) is 0 Å². The molecule has 0 aliphatic heterocycles. The molecule has 0 atom stereocenters. The number of halogens is 1. The predicted molar refractivity (Wildman–Crippen MR) is 85.7 cm³/mol. The Morgan fingerprint density at radius 1 is 1.29 bits per heavy atom. The lowest BCUT2D eigenvalue weighted by molar-refractivity contribution is -0.118. The molecular weight excluding hydrogens is 336 g/mol. The van der Waals surface area contributed by atoms with Gasteiger partial charge in [-0.25, -0.2) is 0 Å². The number of ether oxygens (including phenoxy) is 2. The molecule has 0 saturated carbocycles. The number of rotatable bonds is 5. The zero-order chi connectivity index (χ0) is 15.2. The lowest BCUT2D eigenvalue weighted by Crippen LogP contribution is -2.20.